The van der Waals surface area contributed by atoms with E-state index in [1.54, 1.807) is 48.5 Å². The van der Waals surface area contributed by atoms with Crippen molar-refractivity contribution in [1.29, 1.82) is 5.26 Å². The van der Waals surface area contributed by atoms with Crippen molar-refractivity contribution in [2.45, 2.75) is 19.1 Å². The normalized spacial score (nSPS) is 10.9. The molecule has 3 aromatic rings. The molecule has 0 saturated carbocycles. The molecule has 0 atom stereocenters. The molecule has 7 heteroatoms. The highest BCUT2D eigenvalue weighted by atomic mass is 32.2. The standard InChI is InChI=1S/C25H24N2O4S/c1-19-6-2-3-7-21(19)14-15-27-25(28)18-32(29,30)17-20-10-12-23(13-11-20)31-24-9-5-4-8-22(24)16-26/h2-13H,14-15,17-18H2,1H3,(H,27,28). The molecule has 6 nitrogen and oxygen atoms in total. The molecule has 3 aromatic carbocycles. The first-order valence-electron chi connectivity index (χ1n) is 10.1. The highest BCUT2D eigenvalue weighted by Gasteiger charge is 2.17. The molecule has 0 bridgehead atoms. The van der Waals surface area contributed by atoms with Gasteiger partial charge in [0.25, 0.3) is 0 Å². The van der Waals surface area contributed by atoms with Crippen molar-refractivity contribution in [1.82, 2.24) is 5.32 Å². The van der Waals surface area contributed by atoms with E-state index in [0.717, 1.165) is 11.1 Å². The first kappa shape index (κ1) is 23.0. The lowest BCUT2D eigenvalue weighted by Gasteiger charge is -2.09. The monoisotopic (exact) mass is 448 g/mol. The number of rotatable bonds is 9. The number of para-hydroxylation sites is 1. The van der Waals surface area contributed by atoms with Gasteiger partial charge in [0.2, 0.25) is 5.91 Å². The van der Waals surface area contributed by atoms with E-state index in [1.165, 1.54) is 0 Å². The van der Waals surface area contributed by atoms with E-state index in [0.29, 0.717) is 35.6 Å². The Hall–Kier alpha value is -3.63. The van der Waals surface area contributed by atoms with E-state index in [9.17, 15) is 13.2 Å². The number of carbonyl (C=O) groups is 1. The van der Waals surface area contributed by atoms with Gasteiger partial charge in [-0.1, -0.05) is 48.5 Å². The summed E-state index contributed by atoms with van der Waals surface area (Å²) >= 11 is 0. The van der Waals surface area contributed by atoms with Crippen LogP contribution in [0, 0.1) is 18.3 Å². The second kappa shape index (κ2) is 10.6. The minimum absolute atomic E-state index is 0.243. The van der Waals surface area contributed by atoms with Gasteiger partial charge in [0.05, 0.1) is 11.3 Å². The third-order valence-electron chi connectivity index (χ3n) is 4.87. The third-order valence-corrected chi connectivity index (χ3v) is 6.35. The number of aryl methyl sites for hydroxylation is 1. The Labute approximate surface area is 188 Å². The van der Waals surface area contributed by atoms with Crippen LogP contribution in [-0.2, 0) is 26.8 Å². The topological polar surface area (TPSA) is 96.3 Å². The van der Waals surface area contributed by atoms with Crippen LogP contribution in [0.4, 0.5) is 0 Å². The van der Waals surface area contributed by atoms with Crippen LogP contribution >= 0.6 is 0 Å². The van der Waals surface area contributed by atoms with Crippen LogP contribution in [0.5, 0.6) is 11.5 Å². The smallest absolute Gasteiger partial charge is 0.235 e. The molecule has 0 aliphatic rings. The summed E-state index contributed by atoms with van der Waals surface area (Å²) in [5.74, 6) is -0.394. The first-order chi connectivity index (χ1) is 15.4. The Kier molecular flexibility index (Phi) is 7.63. The van der Waals surface area contributed by atoms with E-state index in [2.05, 4.69) is 11.4 Å². The number of hydrogen-bond acceptors (Lipinski definition) is 5. The molecule has 0 fully saturated rings. The maximum atomic E-state index is 12.4. The first-order valence-corrected chi connectivity index (χ1v) is 12.0. The summed E-state index contributed by atoms with van der Waals surface area (Å²) in [6.45, 7) is 2.38. The second-order valence-corrected chi connectivity index (χ2v) is 9.48. The summed E-state index contributed by atoms with van der Waals surface area (Å²) in [6, 6.07) is 23.4. The Morgan fingerprint density at radius 1 is 1.00 bits per heavy atom. The van der Waals surface area contributed by atoms with Crippen molar-refractivity contribution in [3.8, 4) is 17.6 Å². The maximum absolute atomic E-state index is 12.4. The quantitative estimate of drug-likeness (QED) is 0.535. The van der Waals surface area contributed by atoms with Gasteiger partial charge < -0.3 is 10.1 Å². The number of nitrogens with zero attached hydrogens (tertiary/aromatic N) is 1. The molecule has 0 aromatic heterocycles. The van der Waals surface area contributed by atoms with Gasteiger partial charge in [-0.3, -0.25) is 4.79 Å². The van der Waals surface area contributed by atoms with E-state index in [4.69, 9.17) is 10.00 Å². The summed E-state index contributed by atoms with van der Waals surface area (Å²) < 4.78 is 30.6. The molecule has 164 valence electrons. The van der Waals surface area contributed by atoms with Crippen LogP contribution in [0.1, 0.15) is 22.3 Å². The zero-order valence-corrected chi connectivity index (χ0v) is 18.6. The fourth-order valence-corrected chi connectivity index (χ4v) is 4.52. The molecular weight excluding hydrogens is 424 g/mol. The average Bonchev–Trinajstić information content (AvgIpc) is 2.76. The maximum Gasteiger partial charge on any atom is 0.235 e. The van der Waals surface area contributed by atoms with Crippen LogP contribution < -0.4 is 10.1 Å². The van der Waals surface area contributed by atoms with Gasteiger partial charge in [0.15, 0.2) is 9.84 Å². The van der Waals surface area contributed by atoms with Gasteiger partial charge in [0.1, 0.15) is 23.3 Å². The summed E-state index contributed by atoms with van der Waals surface area (Å²) in [5, 5.41) is 11.8. The number of nitriles is 1. The van der Waals surface area contributed by atoms with E-state index in [1.807, 2.05) is 31.2 Å². The molecule has 0 aliphatic heterocycles. The van der Waals surface area contributed by atoms with Crippen LogP contribution in [0.3, 0.4) is 0 Å². The van der Waals surface area contributed by atoms with Gasteiger partial charge in [-0.15, -0.1) is 0 Å². The van der Waals surface area contributed by atoms with E-state index < -0.39 is 21.5 Å². The summed E-state index contributed by atoms with van der Waals surface area (Å²) in [5.41, 5.74) is 3.22. The summed E-state index contributed by atoms with van der Waals surface area (Å²) in [6.07, 6.45) is 0.648. The number of carbonyl (C=O) groups excluding carboxylic acids is 1. The van der Waals surface area contributed by atoms with Gasteiger partial charge in [-0.05, 0) is 54.3 Å². The molecular formula is C25H24N2O4S. The third kappa shape index (κ3) is 6.69. The van der Waals surface area contributed by atoms with Crippen LogP contribution in [-0.4, -0.2) is 26.6 Å². The molecule has 0 aliphatic carbocycles. The molecule has 1 N–H and O–H groups in total. The highest BCUT2D eigenvalue weighted by molar-refractivity contribution is 7.91. The van der Waals surface area contributed by atoms with Crippen molar-refractivity contribution >= 4 is 15.7 Å². The predicted molar refractivity (Wildman–Crippen MR) is 123 cm³/mol. The van der Waals surface area contributed by atoms with E-state index >= 15 is 0 Å². The van der Waals surface area contributed by atoms with Gasteiger partial charge in [0, 0.05) is 6.54 Å². The van der Waals surface area contributed by atoms with Crippen LogP contribution in [0.15, 0.2) is 72.8 Å². The largest absolute Gasteiger partial charge is 0.456 e. The molecule has 0 radical (unpaired) electrons. The fraction of sp³-hybridized carbons (Fsp3) is 0.200. The lowest BCUT2D eigenvalue weighted by atomic mass is 10.1. The average molecular weight is 449 g/mol. The molecule has 32 heavy (non-hydrogen) atoms. The number of amides is 1. The van der Waals surface area contributed by atoms with Gasteiger partial charge in [-0.25, -0.2) is 8.42 Å². The Balaban J connectivity index is 1.51. The van der Waals surface area contributed by atoms with Crippen LogP contribution in [0.25, 0.3) is 0 Å². The van der Waals surface area contributed by atoms with Crippen molar-refractivity contribution in [3.05, 3.63) is 95.1 Å². The summed E-state index contributed by atoms with van der Waals surface area (Å²) in [4.78, 5) is 12.1. The Morgan fingerprint density at radius 2 is 1.69 bits per heavy atom. The lowest BCUT2D eigenvalue weighted by molar-refractivity contribution is -0.118. The minimum atomic E-state index is -3.62. The number of sulfone groups is 1. The predicted octanol–water partition coefficient (Wildman–Crippen LogP) is 3.93. The van der Waals surface area contributed by atoms with Crippen molar-refractivity contribution < 1.29 is 17.9 Å². The van der Waals surface area contributed by atoms with E-state index in [-0.39, 0.29) is 5.75 Å². The van der Waals surface area contributed by atoms with Crippen LogP contribution in [0.2, 0.25) is 0 Å². The fourth-order valence-electron chi connectivity index (χ4n) is 3.21. The zero-order valence-electron chi connectivity index (χ0n) is 17.7. The second-order valence-electron chi connectivity index (χ2n) is 7.41. The number of benzene rings is 3. The molecule has 1 amide bonds. The molecule has 0 saturated heterocycles. The lowest BCUT2D eigenvalue weighted by Crippen LogP contribution is -2.32. The summed E-state index contributed by atoms with van der Waals surface area (Å²) in [7, 11) is -3.62. The Bertz CT molecular complexity index is 1230. The molecule has 0 unspecified atom stereocenters. The molecule has 0 spiro atoms. The number of nitrogens with one attached hydrogen (secondary N) is 1. The SMILES string of the molecule is Cc1ccccc1CCNC(=O)CS(=O)(=O)Cc1ccc(Oc2ccccc2C#N)cc1. The van der Waals surface area contributed by atoms with Gasteiger partial charge in [-0.2, -0.15) is 5.26 Å². The Morgan fingerprint density at radius 3 is 2.41 bits per heavy atom. The molecule has 0 heterocycles. The number of hydrogen-bond donors (Lipinski definition) is 1. The number of ether oxygens (including phenoxy) is 1. The molecule has 3 rings (SSSR count). The van der Waals surface area contributed by atoms with Crippen molar-refractivity contribution in [3.63, 3.8) is 0 Å². The van der Waals surface area contributed by atoms with Crippen molar-refractivity contribution in [2.24, 2.45) is 0 Å². The van der Waals surface area contributed by atoms with Crippen molar-refractivity contribution in [2.75, 3.05) is 12.3 Å². The zero-order chi connectivity index (χ0) is 23.0. The highest BCUT2D eigenvalue weighted by Crippen LogP contribution is 2.25. The minimum Gasteiger partial charge on any atom is -0.456 e. The van der Waals surface area contributed by atoms with Gasteiger partial charge >= 0.3 is 0 Å².